The van der Waals surface area contributed by atoms with Gasteiger partial charge in [-0.15, -0.1) is 0 Å². The predicted molar refractivity (Wildman–Crippen MR) is 58.3 cm³/mol. The van der Waals surface area contributed by atoms with Gasteiger partial charge >= 0.3 is 0 Å². The van der Waals surface area contributed by atoms with Crippen molar-refractivity contribution in [2.45, 2.75) is 25.4 Å². The lowest BCUT2D eigenvalue weighted by atomic mass is 10.1. The first-order valence-electron chi connectivity index (χ1n) is 5.03. The Kier molecular flexibility index (Phi) is 2.73. The average Bonchev–Trinajstić information content (AvgIpc) is 2.23. The highest BCUT2D eigenvalue weighted by Gasteiger charge is 2.09. The Balaban J connectivity index is 1.99. The van der Waals surface area contributed by atoms with Crippen molar-refractivity contribution in [3.8, 4) is 5.75 Å². The van der Waals surface area contributed by atoms with E-state index < -0.39 is 0 Å². The molecule has 74 valence electrons. The molecule has 1 aliphatic carbocycles. The van der Waals surface area contributed by atoms with Gasteiger partial charge in [0, 0.05) is 5.69 Å². The summed E-state index contributed by atoms with van der Waals surface area (Å²) in [6.45, 7) is 0. The van der Waals surface area contributed by atoms with Crippen molar-refractivity contribution in [2.24, 2.45) is 0 Å². The lowest BCUT2D eigenvalue weighted by Gasteiger charge is -2.18. The molecule has 2 heteroatoms. The normalized spacial score (nSPS) is 20.7. The number of hydrogen-bond donors (Lipinski definition) is 1. The van der Waals surface area contributed by atoms with Crippen molar-refractivity contribution in [3.05, 3.63) is 36.4 Å². The second-order valence-electron chi connectivity index (χ2n) is 3.58. The lowest BCUT2D eigenvalue weighted by Crippen LogP contribution is -2.15. The first kappa shape index (κ1) is 9.13. The van der Waals surface area contributed by atoms with Crippen LogP contribution in [0.2, 0.25) is 0 Å². The quantitative estimate of drug-likeness (QED) is 0.573. The van der Waals surface area contributed by atoms with Gasteiger partial charge in [-0.25, -0.2) is 0 Å². The molecule has 0 spiro atoms. The average molecular weight is 189 g/mol. The largest absolute Gasteiger partial charge is 0.486 e. The highest BCUT2D eigenvalue weighted by Crippen LogP contribution is 2.19. The molecule has 1 aliphatic rings. The SMILES string of the molecule is Nc1ccc(OC2C=CCCC2)cc1. The molecule has 2 rings (SSSR count). The van der Waals surface area contributed by atoms with Crippen LogP contribution in [0.4, 0.5) is 5.69 Å². The number of rotatable bonds is 2. The summed E-state index contributed by atoms with van der Waals surface area (Å²) in [5.74, 6) is 0.899. The number of anilines is 1. The van der Waals surface area contributed by atoms with E-state index in [2.05, 4.69) is 12.2 Å². The maximum Gasteiger partial charge on any atom is 0.120 e. The Bertz CT molecular complexity index is 316. The van der Waals surface area contributed by atoms with E-state index in [0.717, 1.165) is 17.9 Å². The van der Waals surface area contributed by atoms with Crippen molar-refractivity contribution < 1.29 is 4.74 Å². The van der Waals surface area contributed by atoms with E-state index in [9.17, 15) is 0 Å². The Morgan fingerprint density at radius 2 is 2.00 bits per heavy atom. The molecule has 0 saturated carbocycles. The first-order valence-corrected chi connectivity index (χ1v) is 5.03. The second-order valence-corrected chi connectivity index (χ2v) is 3.58. The van der Waals surface area contributed by atoms with Crippen molar-refractivity contribution >= 4 is 5.69 Å². The van der Waals surface area contributed by atoms with Gasteiger partial charge in [-0.05, 0) is 49.6 Å². The van der Waals surface area contributed by atoms with Crippen LogP contribution in [-0.2, 0) is 0 Å². The van der Waals surface area contributed by atoms with Crippen LogP contribution in [0.1, 0.15) is 19.3 Å². The summed E-state index contributed by atoms with van der Waals surface area (Å²) in [7, 11) is 0. The minimum absolute atomic E-state index is 0.243. The molecule has 0 saturated heterocycles. The van der Waals surface area contributed by atoms with E-state index in [-0.39, 0.29) is 6.10 Å². The third-order valence-electron chi connectivity index (χ3n) is 2.38. The smallest absolute Gasteiger partial charge is 0.120 e. The number of ether oxygens (including phenoxy) is 1. The highest BCUT2D eigenvalue weighted by atomic mass is 16.5. The van der Waals surface area contributed by atoms with Gasteiger partial charge in [0.05, 0.1) is 0 Å². The summed E-state index contributed by atoms with van der Waals surface area (Å²) in [6.07, 6.45) is 8.08. The van der Waals surface area contributed by atoms with Crippen LogP contribution in [-0.4, -0.2) is 6.10 Å². The molecule has 0 aromatic heterocycles. The van der Waals surface area contributed by atoms with Crippen molar-refractivity contribution in [1.29, 1.82) is 0 Å². The van der Waals surface area contributed by atoms with Crippen LogP contribution < -0.4 is 10.5 Å². The van der Waals surface area contributed by atoms with E-state index in [4.69, 9.17) is 10.5 Å². The minimum atomic E-state index is 0.243. The molecule has 0 radical (unpaired) electrons. The van der Waals surface area contributed by atoms with E-state index in [1.165, 1.54) is 12.8 Å². The molecule has 0 aliphatic heterocycles. The summed E-state index contributed by atoms with van der Waals surface area (Å²) in [5.41, 5.74) is 6.36. The Labute approximate surface area is 84.4 Å². The molecule has 1 aromatic carbocycles. The van der Waals surface area contributed by atoms with Crippen LogP contribution in [0.5, 0.6) is 5.75 Å². The molecule has 2 N–H and O–H groups in total. The Morgan fingerprint density at radius 3 is 2.64 bits per heavy atom. The summed E-state index contributed by atoms with van der Waals surface area (Å²) >= 11 is 0. The Hall–Kier alpha value is -1.44. The van der Waals surface area contributed by atoms with E-state index >= 15 is 0 Å². The molecule has 0 amide bonds. The molecule has 0 bridgehead atoms. The molecule has 14 heavy (non-hydrogen) atoms. The fraction of sp³-hybridized carbons (Fsp3) is 0.333. The molecule has 0 heterocycles. The topological polar surface area (TPSA) is 35.2 Å². The third kappa shape index (κ3) is 2.28. The van der Waals surface area contributed by atoms with Crippen LogP contribution in [0.15, 0.2) is 36.4 Å². The van der Waals surface area contributed by atoms with Crippen LogP contribution in [0, 0.1) is 0 Å². The fourth-order valence-corrected chi connectivity index (χ4v) is 1.60. The zero-order valence-electron chi connectivity index (χ0n) is 8.15. The van der Waals surface area contributed by atoms with Gasteiger partial charge in [-0.1, -0.05) is 6.08 Å². The molecule has 0 fully saturated rings. The zero-order chi connectivity index (χ0) is 9.80. The third-order valence-corrected chi connectivity index (χ3v) is 2.38. The van der Waals surface area contributed by atoms with Crippen LogP contribution >= 0.6 is 0 Å². The van der Waals surface area contributed by atoms with Crippen LogP contribution in [0.3, 0.4) is 0 Å². The second kappa shape index (κ2) is 4.18. The standard InChI is InChI=1S/C12H15NO/c13-10-6-8-12(9-7-10)14-11-4-2-1-3-5-11/h2,4,6-9,11H,1,3,5,13H2. The maximum absolute atomic E-state index is 5.77. The van der Waals surface area contributed by atoms with Gasteiger partial charge in [0.15, 0.2) is 0 Å². The van der Waals surface area contributed by atoms with Gasteiger partial charge < -0.3 is 10.5 Å². The van der Waals surface area contributed by atoms with Crippen molar-refractivity contribution in [2.75, 3.05) is 5.73 Å². The summed E-state index contributed by atoms with van der Waals surface area (Å²) in [4.78, 5) is 0. The van der Waals surface area contributed by atoms with Gasteiger partial charge in [0.25, 0.3) is 0 Å². The molecule has 1 unspecified atom stereocenters. The highest BCUT2D eigenvalue weighted by molar-refractivity contribution is 5.41. The Morgan fingerprint density at radius 1 is 1.21 bits per heavy atom. The predicted octanol–water partition coefficient (Wildman–Crippen LogP) is 2.76. The molecule has 2 nitrogen and oxygen atoms in total. The van der Waals surface area contributed by atoms with Crippen LogP contribution in [0.25, 0.3) is 0 Å². The number of nitrogens with two attached hydrogens (primary N) is 1. The van der Waals surface area contributed by atoms with Gasteiger partial charge in [0.1, 0.15) is 11.9 Å². The minimum Gasteiger partial charge on any atom is -0.486 e. The molecular weight excluding hydrogens is 174 g/mol. The number of nitrogen functional groups attached to an aromatic ring is 1. The maximum atomic E-state index is 5.77. The van der Waals surface area contributed by atoms with E-state index in [0.29, 0.717) is 0 Å². The first-order chi connectivity index (χ1) is 6.84. The van der Waals surface area contributed by atoms with Crippen molar-refractivity contribution in [1.82, 2.24) is 0 Å². The monoisotopic (exact) mass is 189 g/mol. The molecule has 1 atom stereocenters. The van der Waals surface area contributed by atoms with Crippen molar-refractivity contribution in [3.63, 3.8) is 0 Å². The van der Waals surface area contributed by atoms with Gasteiger partial charge in [-0.3, -0.25) is 0 Å². The lowest BCUT2D eigenvalue weighted by molar-refractivity contribution is 0.230. The molecule has 1 aromatic rings. The number of hydrogen-bond acceptors (Lipinski definition) is 2. The molecular formula is C12H15NO. The zero-order valence-corrected chi connectivity index (χ0v) is 8.15. The summed E-state index contributed by atoms with van der Waals surface area (Å²) in [6, 6.07) is 7.55. The summed E-state index contributed by atoms with van der Waals surface area (Å²) in [5, 5.41) is 0. The number of benzene rings is 1. The number of allylic oxidation sites excluding steroid dienone is 1. The fourth-order valence-electron chi connectivity index (χ4n) is 1.60. The summed E-state index contributed by atoms with van der Waals surface area (Å²) < 4.78 is 5.77. The van der Waals surface area contributed by atoms with E-state index in [1.807, 2.05) is 24.3 Å². The van der Waals surface area contributed by atoms with Gasteiger partial charge in [0.2, 0.25) is 0 Å². The van der Waals surface area contributed by atoms with Gasteiger partial charge in [-0.2, -0.15) is 0 Å². The van der Waals surface area contributed by atoms with E-state index in [1.54, 1.807) is 0 Å².